The molecular formula is C22H44N2O. The predicted octanol–water partition coefficient (Wildman–Crippen LogP) is 5.86. The van der Waals surface area contributed by atoms with Crippen molar-refractivity contribution in [1.82, 2.24) is 5.32 Å². The first-order chi connectivity index (χ1) is 12.2. The van der Waals surface area contributed by atoms with Crippen molar-refractivity contribution in [3.05, 3.63) is 0 Å². The SMILES string of the molecule is CCCCCCCCCCCCCCCCNC(=O)C1(N)CCCC1. The Morgan fingerprint density at radius 2 is 1.16 bits per heavy atom. The van der Waals surface area contributed by atoms with Gasteiger partial charge in [-0.1, -0.05) is 103 Å². The van der Waals surface area contributed by atoms with Crippen LogP contribution in [0, 0.1) is 0 Å². The van der Waals surface area contributed by atoms with Crippen LogP contribution in [0.25, 0.3) is 0 Å². The Bertz CT molecular complexity index is 324. The summed E-state index contributed by atoms with van der Waals surface area (Å²) in [6, 6.07) is 0. The summed E-state index contributed by atoms with van der Waals surface area (Å²) < 4.78 is 0. The topological polar surface area (TPSA) is 55.1 Å². The van der Waals surface area contributed by atoms with Gasteiger partial charge in [0, 0.05) is 6.54 Å². The number of nitrogens with two attached hydrogens (primary N) is 1. The number of amides is 1. The maximum absolute atomic E-state index is 12.1. The second kappa shape index (κ2) is 14.6. The summed E-state index contributed by atoms with van der Waals surface area (Å²) in [5.74, 6) is 0.0831. The van der Waals surface area contributed by atoms with Gasteiger partial charge in [0.1, 0.15) is 0 Å². The van der Waals surface area contributed by atoms with Crippen molar-refractivity contribution >= 4 is 5.91 Å². The number of carbonyl (C=O) groups is 1. The molecule has 0 spiro atoms. The third-order valence-electron chi connectivity index (χ3n) is 5.76. The maximum atomic E-state index is 12.1. The Kier molecular flexibility index (Phi) is 13.1. The lowest BCUT2D eigenvalue weighted by Crippen LogP contribution is -2.52. The maximum Gasteiger partial charge on any atom is 0.240 e. The first kappa shape index (κ1) is 22.5. The Morgan fingerprint density at radius 1 is 0.760 bits per heavy atom. The molecule has 3 heteroatoms. The van der Waals surface area contributed by atoms with Crippen LogP contribution < -0.4 is 11.1 Å². The van der Waals surface area contributed by atoms with Crippen LogP contribution in [0.15, 0.2) is 0 Å². The first-order valence-electron chi connectivity index (χ1n) is 11.3. The molecule has 0 atom stereocenters. The molecule has 3 nitrogen and oxygen atoms in total. The smallest absolute Gasteiger partial charge is 0.240 e. The number of carbonyl (C=O) groups excluding carboxylic acids is 1. The van der Waals surface area contributed by atoms with Crippen LogP contribution in [-0.4, -0.2) is 18.0 Å². The highest BCUT2D eigenvalue weighted by Crippen LogP contribution is 2.27. The second-order valence-electron chi connectivity index (χ2n) is 8.22. The van der Waals surface area contributed by atoms with Crippen LogP contribution in [0.1, 0.15) is 122 Å². The Morgan fingerprint density at radius 3 is 1.60 bits per heavy atom. The Labute approximate surface area is 156 Å². The average molecular weight is 353 g/mol. The highest BCUT2D eigenvalue weighted by Gasteiger charge is 2.36. The second-order valence-corrected chi connectivity index (χ2v) is 8.22. The predicted molar refractivity (Wildman–Crippen MR) is 109 cm³/mol. The fraction of sp³-hybridized carbons (Fsp3) is 0.955. The van der Waals surface area contributed by atoms with Crippen LogP contribution >= 0.6 is 0 Å². The van der Waals surface area contributed by atoms with Gasteiger partial charge in [0.2, 0.25) is 5.91 Å². The molecule has 1 saturated carbocycles. The molecule has 25 heavy (non-hydrogen) atoms. The molecule has 0 aromatic heterocycles. The summed E-state index contributed by atoms with van der Waals surface area (Å²) in [4.78, 5) is 12.1. The van der Waals surface area contributed by atoms with Gasteiger partial charge in [-0.15, -0.1) is 0 Å². The number of hydrogen-bond acceptors (Lipinski definition) is 2. The zero-order valence-corrected chi connectivity index (χ0v) is 16.9. The minimum absolute atomic E-state index is 0.0831. The summed E-state index contributed by atoms with van der Waals surface area (Å²) in [5, 5.41) is 3.04. The summed E-state index contributed by atoms with van der Waals surface area (Å²) in [7, 11) is 0. The van der Waals surface area contributed by atoms with Gasteiger partial charge < -0.3 is 11.1 Å². The van der Waals surface area contributed by atoms with E-state index in [1.165, 1.54) is 83.5 Å². The van der Waals surface area contributed by atoms with E-state index in [4.69, 9.17) is 5.73 Å². The van der Waals surface area contributed by atoms with Gasteiger partial charge in [0.25, 0.3) is 0 Å². The minimum atomic E-state index is -0.560. The van der Waals surface area contributed by atoms with Gasteiger partial charge in [-0.05, 0) is 19.3 Å². The fourth-order valence-electron chi connectivity index (χ4n) is 3.93. The van der Waals surface area contributed by atoms with Gasteiger partial charge in [0.15, 0.2) is 0 Å². The zero-order valence-electron chi connectivity index (χ0n) is 16.9. The van der Waals surface area contributed by atoms with Crippen molar-refractivity contribution in [3.8, 4) is 0 Å². The van der Waals surface area contributed by atoms with Crippen LogP contribution in [0.5, 0.6) is 0 Å². The molecule has 1 aliphatic carbocycles. The lowest BCUT2D eigenvalue weighted by molar-refractivity contribution is -0.126. The number of unbranched alkanes of at least 4 members (excludes halogenated alkanes) is 13. The van der Waals surface area contributed by atoms with Crippen LogP contribution in [0.3, 0.4) is 0 Å². The van der Waals surface area contributed by atoms with Crippen molar-refractivity contribution in [2.24, 2.45) is 5.73 Å². The van der Waals surface area contributed by atoms with E-state index in [1.54, 1.807) is 0 Å². The summed E-state index contributed by atoms with van der Waals surface area (Å²) in [5.41, 5.74) is 5.59. The van der Waals surface area contributed by atoms with E-state index in [2.05, 4.69) is 12.2 Å². The molecule has 148 valence electrons. The molecule has 0 radical (unpaired) electrons. The van der Waals surface area contributed by atoms with E-state index < -0.39 is 5.54 Å². The number of rotatable bonds is 16. The molecule has 0 heterocycles. The van der Waals surface area contributed by atoms with Gasteiger partial charge in [-0.3, -0.25) is 4.79 Å². The number of hydrogen-bond donors (Lipinski definition) is 2. The van der Waals surface area contributed by atoms with Crippen molar-refractivity contribution in [2.75, 3.05) is 6.54 Å². The summed E-state index contributed by atoms with van der Waals surface area (Å²) in [6.07, 6.45) is 23.1. The van der Waals surface area contributed by atoms with E-state index in [-0.39, 0.29) is 5.91 Å². The lowest BCUT2D eigenvalue weighted by atomic mass is 9.98. The summed E-state index contributed by atoms with van der Waals surface area (Å²) >= 11 is 0. The van der Waals surface area contributed by atoms with E-state index in [1.807, 2.05) is 0 Å². The van der Waals surface area contributed by atoms with E-state index in [0.717, 1.165) is 38.6 Å². The van der Waals surface area contributed by atoms with Crippen LogP contribution in [-0.2, 0) is 4.79 Å². The zero-order chi connectivity index (χ0) is 18.2. The molecule has 1 fully saturated rings. The average Bonchev–Trinajstić information content (AvgIpc) is 3.06. The van der Waals surface area contributed by atoms with Crippen molar-refractivity contribution in [1.29, 1.82) is 0 Å². The highest BCUT2D eigenvalue weighted by molar-refractivity contribution is 5.86. The third kappa shape index (κ3) is 10.9. The van der Waals surface area contributed by atoms with Gasteiger partial charge in [-0.2, -0.15) is 0 Å². The van der Waals surface area contributed by atoms with Crippen molar-refractivity contribution < 1.29 is 4.79 Å². The summed E-state index contributed by atoms with van der Waals surface area (Å²) in [6.45, 7) is 3.08. The minimum Gasteiger partial charge on any atom is -0.355 e. The van der Waals surface area contributed by atoms with E-state index in [9.17, 15) is 4.79 Å². The van der Waals surface area contributed by atoms with Crippen LogP contribution in [0.4, 0.5) is 0 Å². The van der Waals surface area contributed by atoms with Crippen LogP contribution in [0.2, 0.25) is 0 Å². The quantitative estimate of drug-likeness (QED) is 0.342. The molecule has 1 amide bonds. The molecule has 1 aliphatic rings. The van der Waals surface area contributed by atoms with E-state index >= 15 is 0 Å². The highest BCUT2D eigenvalue weighted by atomic mass is 16.2. The molecule has 0 bridgehead atoms. The molecule has 0 unspecified atom stereocenters. The monoisotopic (exact) mass is 352 g/mol. The fourth-order valence-corrected chi connectivity index (χ4v) is 3.93. The van der Waals surface area contributed by atoms with Crippen molar-refractivity contribution in [3.63, 3.8) is 0 Å². The molecule has 3 N–H and O–H groups in total. The molecule has 0 aromatic carbocycles. The lowest BCUT2D eigenvalue weighted by Gasteiger charge is -2.22. The van der Waals surface area contributed by atoms with Crippen molar-refractivity contribution in [2.45, 2.75) is 128 Å². The number of nitrogens with one attached hydrogen (secondary N) is 1. The molecule has 1 rings (SSSR count). The Balaban J connectivity index is 1.77. The third-order valence-corrected chi connectivity index (χ3v) is 5.76. The molecular weight excluding hydrogens is 308 g/mol. The van der Waals surface area contributed by atoms with Gasteiger partial charge >= 0.3 is 0 Å². The van der Waals surface area contributed by atoms with E-state index in [0.29, 0.717) is 0 Å². The first-order valence-corrected chi connectivity index (χ1v) is 11.3. The standard InChI is InChI=1S/C22H44N2O/c1-2-3-4-5-6-7-8-9-10-11-12-13-14-17-20-24-21(25)22(23)18-15-16-19-22/h2-20,23H2,1H3,(H,24,25). The molecule has 0 aliphatic heterocycles. The normalized spacial score (nSPS) is 16.2. The van der Waals surface area contributed by atoms with Gasteiger partial charge in [-0.25, -0.2) is 0 Å². The largest absolute Gasteiger partial charge is 0.355 e. The Hall–Kier alpha value is -0.570. The molecule has 0 aromatic rings. The molecule has 0 saturated heterocycles. The van der Waals surface area contributed by atoms with Gasteiger partial charge in [0.05, 0.1) is 5.54 Å².